The first kappa shape index (κ1) is 9.78. The zero-order valence-corrected chi connectivity index (χ0v) is 8.08. The third-order valence-corrected chi connectivity index (χ3v) is 2.04. The first-order chi connectivity index (χ1) is 6.11. The maximum absolute atomic E-state index is 10.8. The van der Waals surface area contributed by atoms with E-state index in [9.17, 15) is 4.79 Å². The van der Waals surface area contributed by atoms with Crippen LogP contribution >= 0.6 is 0 Å². The Morgan fingerprint density at radius 1 is 1.38 bits per heavy atom. The summed E-state index contributed by atoms with van der Waals surface area (Å²) in [5, 5.41) is 0. The molecule has 0 radical (unpaired) electrons. The molecule has 0 aromatic heterocycles. The Kier molecular flexibility index (Phi) is 3.07. The fraction of sp³-hybridized carbons (Fsp3) is 0.364. The highest BCUT2D eigenvalue weighted by Crippen LogP contribution is 2.19. The Bertz CT molecular complexity index is 305. The van der Waals surface area contributed by atoms with Gasteiger partial charge in [-0.25, -0.2) is 0 Å². The molecule has 1 amide bonds. The summed E-state index contributed by atoms with van der Waals surface area (Å²) in [5.41, 5.74) is 7.41. The molecule has 2 nitrogen and oxygen atoms in total. The number of carbonyl (C=O) groups is 1. The van der Waals surface area contributed by atoms with E-state index in [1.807, 2.05) is 24.3 Å². The van der Waals surface area contributed by atoms with E-state index in [1.54, 1.807) is 0 Å². The van der Waals surface area contributed by atoms with Gasteiger partial charge in [0.05, 0.1) is 6.42 Å². The predicted octanol–water partition coefficient (Wildman–Crippen LogP) is 1.84. The van der Waals surface area contributed by atoms with Gasteiger partial charge in [0, 0.05) is 0 Å². The molecule has 0 saturated carbocycles. The van der Waals surface area contributed by atoms with E-state index >= 15 is 0 Å². The lowest BCUT2D eigenvalue weighted by molar-refractivity contribution is -0.117. The first-order valence-electron chi connectivity index (χ1n) is 4.47. The molecule has 1 aromatic carbocycles. The fourth-order valence-corrected chi connectivity index (χ4v) is 1.45. The van der Waals surface area contributed by atoms with Crippen molar-refractivity contribution in [3.63, 3.8) is 0 Å². The molecular weight excluding hydrogens is 162 g/mol. The van der Waals surface area contributed by atoms with Gasteiger partial charge in [0.1, 0.15) is 0 Å². The SMILES string of the molecule is CC(C)c1ccccc1CC(N)=O. The molecule has 0 aliphatic carbocycles. The zero-order valence-electron chi connectivity index (χ0n) is 8.08. The smallest absolute Gasteiger partial charge is 0.221 e. The summed E-state index contributed by atoms with van der Waals surface area (Å²) in [6.45, 7) is 4.22. The van der Waals surface area contributed by atoms with Gasteiger partial charge >= 0.3 is 0 Å². The molecule has 0 saturated heterocycles. The van der Waals surface area contributed by atoms with Crippen molar-refractivity contribution in [2.75, 3.05) is 0 Å². The first-order valence-corrected chi connectivity index (χ1v) is 4.47. The number of amides is 1. The quantitative estimate of drug-likeness (QED) is 0.752. The van der Waals surface area contributed by atoms with E-state index in [-0.39, 0.29) is 5.91 Å². The molecule has 0 aliphatic rings. The average Bonchev–Trinajstić information content (AvgIpc) is 2.03. The summed E-state index contributed by atoms with van der Waals surface area (Å²) in [7, 11) is 0. The van der Waals surface area contributed by atoms with Crippen LogP contribution in [0.15, 0.2) is 24.3 Å². The Balaban J connectivity index is 2.97. The van der Waals surface area contributed by atoms with E-state index in [0.29, 0.717) is 12.3 Å². The Morgan fingerprint density at radius 2 is 2.00 bits per heavy atom. The van der Waals surface area contributed by atoms with Crippen molar-refractivity contribution in [2.24, 2.45) is 5.73 Å². The summed E-state index contributed by atoms with van der Waals surface area (Å²) < 4.78 is 0. The van der Waals surface area contributed by atoms with Crippen LogP contribution in [-0.4, -0.2) is 5.91 Å². The second-order valence-electron chi connectivity index (χ2n) is 3.50. The monoisotopic (exact) mass is 177 g/mol. The van der Waals surface area contributed by atoms with Gasteiger partial charge in [-0.15, -0.1) is 0 Å². The van der Waals surface area contributed by atoms with Crippen LogP contribution in [0, 0.1) is 0 Å². The summed E-state index contributed by atoms with van der Waals surface area (Å²) in [6, 6.07) is 7.92. The van der Waals surface area contributed by atoms with Crippen LogP contribution in [0.3, 0.4) is 0 Å². The van der Waals surface area contributed by atoms with E-state index in [2.05, 4.69) is 13.8 Å². The van der Waals surface area contributed by atoms with E-state index in [4.69, 9.17) is 5.73 Å². The minimum atomic E-state index is -0.270. The van der Waals surface area contributed by atoms with Crippen molar-refractivity contribution in [3.05, 3.63) is 35.4 Å². The minimum absolute atomic E-state index is 0.270. The lowest BCUT2D eigenvalue weighted by Gasteiger charge is -2.10. The van der Waals surface area contributed by atoms with E-state index in [1.165, 1.54) is 5.56 Å². The second kappa shape index (κ2) is 4.08. The zero-order chi connectivity index (χ0) is 9.84. The van der Waals surface area contributed by atoms with Crippen LogP contribution < -0.4 is 5.73 Å². The molecule has 1 rings (SSSR count). The fourth-order valence-electron chi connectivity index (χ4n) is 1.45. The number of benzene rings is 1. The predicted molar refractivity (Wildman–Crippen MR) is 53.4 cm³/mol. The molecule has 0 atom stereocenters. The maximum Gasteiger partial charge on any atom is 0.221 e. The number of rotatable bonds is 3. The van der Waals surface area contributed by atoms with Gasteiger partial charge in [0.2, 0.25) is 5.91 Å². The minimum Gasteiger partial charge on any atom is -0.369 e. The van der Waals surface area contributed by atoms with Crippen LogP contribution in [0.2, 0.25) is 0 Å². The average molecular weight is 177 g/mol. The van der Waals surface area contributed by atoms with Gasteiger partial charge in [0.15, 0.2) is 0 Å². The van der Waals surface area contributed by atoms with Gasteiger partial charge in [-0.3, -0.25) is 4.79 Å². The van der Waals surface area contributed by atoms with Crippen LogP contribution in [0.1, 0.15) is 30.9 Å². The maximum atomic E-state index is 10.8. The molecule has 0 heterocycles. The molecule has 2 N–H and O–H groups in total. The molecule has 1 aromatic rings. The highest BCUT2D eigenvalue weighted by atomic mass is 16.1. The number of carbonyl (C=O) groups excluding carboxylic acids is 1. The molecule has 0 fully saturated rings. The topological polar surface area (TPSA) is 43.1 Å². The largest absolute Gasteiger partial charge is 0.369 e. The van der Waals surface area contributed by atoms with Crippen molar-refractivity contribution in [1.82, 2.24) is 0 Å². The molecule has 0 unspecified atom stereocenters. The molecule has 0 aliphatic heterocycles. The van der Waals surface area contributed by atoms with Gasteiger partial charge < -0.3 is 5.73 Å². The summed E-state index contributed by atoms with van der Waals surface area (Å²) in [5.74, 6) is 0.170. The highest BCUT2D eigenvalue weighted by molar-refractivity contribution is 5.77. The number of nitrogens with two attached hydrogens (primary N) is 1. The van der Waals surface area contributed by atoms with Crippen LogP contribution in [0.5, 0.6) is 0 Å². The molecule has 70 valence electrons. The Morgan fingerprint density at radius 3 is 2.54 bits per heavy atom. The summed E-state index contributed by atoms with van der Waals surface area (Å²) in [4.78, 5) is 10.8. The molecule has 2 heteroatoms. The standard InChI is InChI=1S/C11H15NO/c1-8(2)10-6-4-3-5-9(10)7-11(12)13/h3-6,8H,7H2,1-2H3,(H2,12,13). The van der Waals surface area contributed by atoms with Crippen LogP contribution in [0.25, 0.3) is 0 Å². The molecule has 13 heavy (non-hydrogen) atoms. The normalized spacial score (nSPS) is 10.4. The van der Waals surface area contributed by atoms with E-state index < -0.39 is 0 Å². The molecule has 0 bridgehead atoms. The number of primary amides is 1. The van der Waals surface area contributed by atoms with Gasteiger partial charge in [-0.2, -0.15) is 0 Å². The third-order valence-electron chi connectivity index (χ3n) is 2.04. The molecule has 0 spiro atoms. The van der Waals surface area contributed by atoms with Crippen molar-refractivity contribution in [2.45, 2.75) is 26.2 Å². The number of hydrogen-bond acceptors (Lipinski definition) is 1. The van der Waals surface area contributed by atoms with Crippen molar-refractivity contribution < 1.29 is 4.79 Å². The van der Waals surface area contributed by atoms with Gasteiger partial charge in [0.25, 0.3) is 0 Å². The lowest BCUT2D eigenvalue weighted by Crippen LogP contribution is -2.15. The number of hydrogen-bond donors (Lipinski definition) is 1. The summed E-state index contributed by atoms with van der Waals surface area (Å²) in [6.07, 6.45) is 0.342. The lowest BCUT2D eigenvalue weighted by atomic mass is 9.95. The summed E-state index contributed by atoms with van der Waals surface area (Å²) >= 11 is 0. The Hall–Kier alpha value is -1.31. The second-order valence-corrected chi connectivity index (χ2v) is 3.50. The Labute approximate surface area is 78.8 Å². The van der Waals surface area contributed by atoms with Gasteiger partial charge in [-0.1, -0.05) is 38.1 Å². The van der Waals surface area contributed by atoms with Crippen LogP contribution in [0.4, 0.5) is 0 Å². The van der Waals surface area contributed by atoms with Crippen molar-refractivity contribution >= 4 is 5.91 Å². The van der Waals surface area contributed by atoms with Crippen molar-refractivity contribution in [1.29, 1.82) is 0 Å². The van der Waals surface area contributed by atoms with Gasteiger partial charge in [-0.05, 0) is 17.0 Å². The van der Waals surface area contributed by atoms with Crippen molar-refractivity contribution in [3.8, 4) is 0 Å². The van der Waals surface area contributed by atoms with E-state index in [0.717, 1.165) is 5.56 Å². The third kappa shape index (κ3) is 2.58. The molecular formula is C11H15NO. The highest BCUT2D eigenvalue weighted by Gasteiger charge is 2.07. The van der Waals surface area contributed by atoms with Crippen LogP contribution in [-0.2, 0) is 11.2 Å².